The van der Waals surface area contributed by atoms with Crippen LogP contribution in [0.5, 0.6) is 0 Å². The third kappa shape index (κ3) is 13.9. The second kappa shape index (κ2) is 25.4. The molecule has 9 rings (SSSR count). The van der Waals surface area contributed by atoms with Gasteiger partial charge in [-0.15, -0.1) is 34.0 Å². The molecule has 0 spiro atoms. The SMILES string of the molecule is [C-]#[N+]/C(=C\c1ccc(-c2ccc(/C=C/c3ccc(N(c4ccc(/C=C/c5ccc(-c6ccc(/C=C(\[N+]#[C-])OC=O)cc6)s5)cc4)c4ccc(/C=C/c5ccc(-c6ccc(/C=C(\C#N)C(=O)O)cc6)s5)cc4)cc3)s2)cc1)C(=O)O. The Morgan fingerprint density at radius 1 is 0.456 bits per heavy atom. The monoisotopic (exact) mass is 1080 g/mol. The van der Waals surface area contributed by atoms with Crippen molar-refractivity contribution in [2.24, 2.45) is 0 Å². The molecule has 0 bridgehead atoms. The Morgan fingerprint density at radius 3 is 1.13 bits per heavy atom. The highest BCUT2D eigenvalue weighted by Crippen LogP contribution is 2.37. The Bertz CT molecular complexity index is 3830. The molecule has 79 heavy (non-hydrogen) atoms. The molecule has 0 aliphatic heterocycles. The summed E-state index contributed by atoms with van der Waals surface area (Å²) in [5.41, 5.74) is 10.5. The van der Waals surface area contributed by atoms with Crippen molar-refractivity contribution in [3.63, 3.8) is 0 Å². The number of hydrogen-bond donors (Lipinski definition) is 2. The van der Waals surface area contributed by atoms with Crippen LogP contribution in [0.3, 0.4) is 0 Å². The van der Waals surface area contributed by atoms with Crippen molar-refractivity contribution in [3.05, 3.63) is 270 Å². The molecule has 0 aliphatic carbocycles. The van der Waals surface area contributed by atoms with Crippen molar-refractivity contribution in [1.82, 2.24) is 0 Å². The van der Waals surface area contributed by atoms with Gasteiger partial charge in [0.15, 0.2) is 0 Å². The van der Waals surface area contributed by atoms with Crippen LogP contribution in [0.4, 0.5) is 17.1 Å². The van der Waals surface area contributed by atoms with Crippen LogP contribution in [-0.2, 0) is 19.1 Å². The summed E-state index contributed by atoms with van der Waals surface area (Å²) in [4.78, 5) is 48.3. The predicted octanol–water partition coefficient (Wildman–Crippen LogP) is 17.6. The molecule has 0 unspecified atom stereocenters. The van der Waals surface area contributed by atoms with Gasteiger partial charge in [0.1, 0.15) is 11.6 Å². The van der Waals surface area contributed by atoms with Gasteiger partial charge >= 0.3 is 17.8 Å². The Kier molecular flexibility index (Phi) is 17.1. The molecule has 13 heteroatoms. The molecule has 2 N–H and O–H groups in total. The number of anilines is 3. The maximum atomic E-state index is 11.3. The first kappa shape index (κ1) is 53.4. The minimum absolute atomic E-state index is 0.0888. The minimum atomic E-state index is -1.26. The molecule has 3 aromatic heterocycles. The number of hydrogen-bond acceptors (Lipinski definition) is 9. The first-order valence-corrected chi connectivity index (χ1v) is 26.6. The van der Waals surface area contributed by atoms with E-state index in [1.54, 1.807) is 52.2 Å². The number of rotatable bonds is 19. The molecule has 0 aliphatic rings. The molecule has 9 aromatic rings. The van der Waals surface area contributed by atoms with E-state index < -0.39 is 11.9 Å². The van der Waals surface area contributed by atoms with E-state index in [4.69, 9.17) is 23.1 Å². The number of carboxylic acids is 2. The Hall–Kier alpha value is -10.5. The summed E-state index contributed by atoms with van der Waals surface area (Å²) in [6.45, 7) is 14.6. The molecule has 0 amide bonds. The van der Waals surface area contributed by atoms with Crippen LogP contribution in [0.15, 0.2) is 199 Å². The number of nitriles is 1. The van der Waals surface area contributed by atoms with Crippen LogP contribution in [0.25, 0.3) is 95.7 Å². The van der Waals surface area contributed by atoms with Crippen molar-refractivity contribution in [1.29, 1.82) is 5.26 Å². The zero-order chi connectivity index (χ0) is 55.1. The lowest BCUT2D eigenvalue weighted by Crippen LogP contribution is -2.09. The highest BCUT2D eigenvalue weighted by Gasteiger charge is 2.14. The standard InChI is InChI=1S/C66H42N4O6S3/c1-68-60(66(74)75)40-48-5-20-51(21-6-48)62-37-34-58(78-62)31-16-45-11-26-55(27-12-45)70(54-24-9-44(10-25-54)15-30-57-33-36-61(77-57)50-18-3-47(4-19-50)39-53(42-67)65(72)73)56-28-13-46(14-29-56)17-32-59-35-38-63(79-59)52-22-7-49(8-23-52)41-64(69-2)76-43-71/h3-41,43H,(H,72,73)(H,74,75)/b30-15+,31-16+,32-17+,53-39+,60-40-,64-41+. The molecule has 0 radical (unpaired) electrons. The Balaban J connectivity index is 0.919. The van der Waals surface area contributed by atoms with Crippen molar-refractivity contribution < 1.29 is 29.3 Å². The van der Waals surface area contributed by atoms with Crippen molar-refractivity contribution >= 4 is 124 Å². The molecule has 0 fully saturated rings. The van der Waals surface area contributed by atoms with Crippen molar-refractivity contribution in [2.45, 2.75) is 0 Å². The number of ether oxygens (including phenoxy) is 1. The van der Waals surface area contributed by atoms with Gasteiger partial charge in [-0.25, -0.2) is 9.64 Å². The third-order valence-corrected chi connectivity index (χ3v) is 15.4. The van der Waals surface area contributed by atoms with Crippen LogP contribution >= 0.6 is 34.0 Å². The molecule has 6 aromatic carbocycles. The van der Waals surface area contributed by atoms with E-state index in [1.807, 2.05) is 60.7 Å². The topological polar surface area (TPSA) is 137 Å². The second-order valence-corrected chi connectivity index (χ2v) is 20.7. The van der Waals surface area contributed by atoms with Gasteiger partial charge in [0.2, 0.25) is 0 Å². The van der Waals surface area contributed by atoms with Crippen LogP contribution in [0, 0.1) is 24.5 Å². The molecule has 0 atom stereocenters. The fourth-order valence-corrected chi connectivity index (χ4v) is 10.9. The van der Waals surface area contributed by atoms with Gasteiger partial charge in [-0.05, 0) is 159 Å². The summed E-state index contributed by atoms with van der Waals surface area (Å²) in [5, 5.41) is 27.6. The van der Waals surface area contributed by atoms with E-state index in [0.29, 0.717) is 11.1 Å². The minimum Gasteiger partial charge on any atom is -0.486 e. The van der Waals surface area contributed by atoms with Gasteiger partial charge < -0.3 is 19.8 Å². The first-order chi connectivity index (χ1) is 38.5. The van der Waals surface area contributed by atoms with Crippen molar-refractivity contribution in [3.8, 4) is 37.4 Å². The summed E-state index contributed by atoms with van der Waals surface area (Å²) in [6.07, 6.45) is 16.8. The average molecular weight is 1080 g/mol. The number of nitrogens with zero attached hydrogens (tertiary/aromatic N) is 4. The maximum Gasteiger partial charge on any atom is 0.348 e. The molecular weight excluding hydrogens is 1040 g/mol. The fraction of sp³-hybridized carbons (Fsp3) is 0. The molecule has 3 heterocycles. The van der Waals surface area contributed by atoms with Gasteiger partial charge in [-0.1, -0.05) is 127 Å². The second-order valence-electron chi connectivity index (χ2n) is 17.3. The van der Waals surface area contributed by atoms with E-state index in [1.165, 1.54) is 18.2 Å². The highest BCUT2D eigenvalue weighted by molar-refractivity contribution is 7.17. The number of carboxylic acid groups (broad SMARTS) is 2. The van der Waals surface area contributed by atoms with Gasteiger partial charge in [-0.3, -0.25) is 9.59 Å². The van der Waals surface area contributed by atoms with E-state index >= 15 is 0 Å². The molecule has 10 nitrogen and oxygen atoms in total. The molecule has 0 saturated carbocycles. The zero-order valence-corrected chi connectivity index (χ0v) is 44.1. The number of thiophene rings is 3. The fourth-order valence-electron chi connectivity index (χ4n) is 8.10. The summed E-state index contributed by atoms with van der Waals surface area (Å²) in [6, 6.07) is 62.1. The lowest BCUT2D eigenvalue weighted by molar-refractivity contribution is -0.133. The van der Waals surface area contributed by atoms with Crippen LogP contribution < -0.4 is 4.90 Å². The number of aliphatic carboxylic acids is 2. The first-order valence-electron chi connectivity index (χ1n) is 24.2. The molecular formula is C66H42N4O6S3. The van der Waals surface area contributed by atoms with Crippen molar-refractivity contribution in [2.75, 3.05) is 4.90 Å². The quantitative estimate of drug-likeness (QED) is 0.0269. The lowest BCUT2D eigenvalue weighted by atomic mass is 10.1. The maximum absolute atomic E-state index is 11.3. The van der Waals surface area contributed by atoms with E-state index in [9.17, 15) is 24.6 Å². The summed E-state index contributed by atoms with van der Waals surface area (Å²) >= 11 is 4.96. The van der Waals surface area contributed by atoms with E-state index in [-0.39, 0.29) is 23.6 Å². The number of carbonyl (C=O) groups is 3. The summed E-state index contributed by atoms with van der Waals surface area (Å²) in [5.74, 6) is -2.60. The lowest BCUT2D eigenvalue weighted by Gasteiger charge is -2.26. The van der Waals surface area contributed by atoms with Gasteiger partial charge in [0.05, 0.1) is 13.1 Å². The highest BCUT2D eigenvalue weighted by atomic mass is 32.1. The Labute approximate surface area is 468 Å². The normalized spacial score (nSPS) is 11.8. The predicted molar refractivity (Wildman–Crippen MR) is 322 cm³/mol. The summed E-state index contributed by atoms with van der Waals surface area (Å²) in [7, 11) is 0. The van der Waals surface area contributed by atoms with Gasteiger partial charge in [-0.2, -0.15) is 10.1 Å². The van der Waals surface area contributed by atoms with Crippen LogP contribution in [0.2, 0.25) is 0 Å². The van der Waals surface area contributed by atoms with Gasteiger partial charge in [0, 0.05) is 46.3 Å². The number of benzene rings is 6. The largest absolute Gasteiger partial charge is 0.486 e. The average Bonchev–Trinajstić information content (AvgIpc) is 4.30. The Morgan fingerprint density at radius 2 is 0.810 bits per heavy atom. The molecule has 380 valence electrons. The third-order valence-electron chi connectivity index (χ3n) is 12.1. The van der Waals surface area contributed by atoms with Crippen LogP contribution in [0.1, 0.15) is 48.0 Å². The molecule has 0 saturated heterocycles. The zero-order valence-electron chi connectivity index (χ0n) is 41.6. The van der Waals surface area contributed by atoms with Gasteiger partial charge in [0.25, 0.3) is 12.2 Å². The smallest absolute Gasteiger partial charge is 0.348 e. The van der Waals surface area contributed by atoms with Crippen LogP contribution in [-0.4, -0.2) is 28.6 Å². The van der Waals surface area contributed by atoms with E-state index in [0.717, 1.165) is 85.3 Å². The summed E-state index contributed by atoms with van der Waals surface area (Å²) < 4.78 is 4.71. The number of carbonyl (C=O) groups excluding carboxylic acids is 1. The van der Waals surface area contributed by atoms with E-state index in [2.05, 4.69) is 160 Å².